The minimum Gasteiger partial charge on any atom is -0.449 e. The van der Waals surface area contributed by atoms with Crippen LogP contribution in [0.4, 0.5) is 22.4 Å². The molecule has 0 bridgehead atoms. The Morgan fingerprint density at radius 1 is 0.969 bits per heavy atom. The quantitative estimate of drug-likeness (QED) is 0.418. The van der Waals surface area contributed by atoms with Crippen LogP contribution < -0.4 is 5.32 Å². The molecule has 1 amide bonds. The number of hydrogen-bond donors (Lipinski definition) is 1. The molecular weight excluding hydrogens is 422 g/mol. The Balaban J connectivity index is 1.35. The SMILES string of the molecule is O=C(NCC#Cc1cc(F)cc(C(F)(F)F)c1)OCC1c2ccccc2-c2ccccc21. The van der Waals surface area contributed by atoms with Crippen molar-refractivity contribution in [3.05, 3.63) is 94.8 Å². The van der Waals surface area contributed by atoms with Gasteiger partial charge in [-0.2, -0.15) is 13.2 Å². The van der Waals surface area contributed by atoms with Gasteiger partial charge in [-0.3, -0.25) is 0 Å². The third-order valence-electron chi connectivity index (χ3n) is 5.12. The zero-order valence-electron chi connectivity index (χ0n) is 16.7. The van der Waals surface area contributed by atoms with Crippen LogP contribution in [0.5, 0.6) is 0 Å². The number of nitrogens with one attached hydrogen (secondary N) is 1. The van der Waals surface area contributed by atoms with Crippen LogP contribution >= 0.6 is 0 Å². The second-order valence-electron chi connectivity index (χ2n) is 7.21. The number of carbonyl (C=O) groups is 1. The summed E-state index contributed by atoms with van der Waals surface area (Å²) in [5, 5.41) is 2.43. The monoisotopic (exact) mass is 439 g/mol. The van der Waals surface area contributed by atoms with E-state index in [2.05, 4.69) is 17.2 Å². The van der Waals surface area contributed by atoms with E-state index in [1.54, 1.807) is 0 Å². The number of alkyl carbamates (subject to hydrolysis) is 1. The molecule has 3 aromatic rings. The molecule has 1 aliphatic carbocycles. The van der Waals surface area contributed by atoms with Gasteiger partial charge in [0.15, 0.2) is 0 Å². The van der Waals surface area contributed by atoms with Crippen molar-refractivity contribution >= 4 is 6.09 Å². The molecule has 0 saturated carbocycles. The normalized spacial score (nSPS) is 12.4. The van der Waals surface area contributed by atoms with Crippen LogP contribution in [-0.4, -0.2) is 19.2 Å². The van der Waals surface area contributed by atoms with Crippen molar-refractivity contribution in [2.45, 2.75) is 12.1 Å². The lowest BCUT2D eigenvalue weighted by Gasteiger charge is -2.14. The number of benzene rings is 3. The predicted molar refractivity (Wildman–Crippen MR) is 111 cm³/mol. The van der Waals surface area contributed by atoms with Crippen LogP contribution in [-0.2, 0) is 10.9 Å². The molecule has 4 rings (SSSR count). The Hall–Kier alpha value is -3.79. The zero-order valence-corrected chi connectivity index (χ0v) is 16.7. The molecule has 7 heteroatoms. The second-order valence-corrected chi connectivity index (χ2v) is 7.21. The van der Waals surface area contributed by atoms with Crippen molar-refractivity contribution in [1.29, 1.82) is 0 Å². The van der Waals surface area contributed by atoms with Crippen LogP contribution in [0, 0.1) is 17.7 Å². The Labute approximate surface area is 182 Å². The molecule has 0 aliphatic heterocycles. The van der Waals surface area contributed by atoms with E-state index in [0.29, 0.717) is 6.07 Å². The standard InChI is InChI=1S/C25H17F4NO2/c26-18-13-16(12-17(14-18)25(27,28)29)6-5-11-30-24(31)32-15-23-21-9-3-1-7-19(21)20-8-2-4-10-22(20)23/h1-4,7-10,12-14,23H,11,15H2,(H,30,31). The average molecular weight is 439 g/mol. The summed E-state index contributed by atoms with van der Waals surface area (Å²) in [5.41, 5.74) is 3.12. The number of fused-ring (bicyclic) bond motifs is 3. The lowest BCUT2D eigenvalue weighted by molar-refractivity contribution is -0.137. The van der Waals surface area contributed by atoms with E-state index in [4.69, 9.17) is 4.74 Å². The molecule has 32 heavy (non-hydrogen) atoms. The highest BCUT2D eigenvalue weighted by atomic mass is 19.4. The van der Waals surface area contributed by atoms with Crippen molar-refractivity contribution in [2.75, 3.05) is 13.2 Å². The van der Waals surface area contributed by atoms with Crippen molar-refractivity contribution in [3.63, 3.8) is 0 Å². The number of hydrogen-bond acceptors (Lipinski definition) is 2. The van der Waals surface area contributed by atoms with Crippen molar-refractivity contribution < 1.29 is 27.1 Å². The molecule has 0 fully saturated rings. The highest BCUT2D eigenvalue weighted by molar-refractivity contribution is 5.79. The first-order valence-corrected chi connectivity index (χ1v) is 9.78. The van der Waals surface area contributed by atoms with Gasteiger partial charge in [-0.15, -0.1) is 0 Å². The molecule has 0 unspecified atom stereocenters. The number of rotatable bonds is 3. The zero-order chi connectivity index (χ0) is 22.7. The summed E-state index contributed by atoms with van der Waals surface area (Å²) < 4.78 is 57.0. The Bertz CT molecular complexity index is 1180. The van der Waals surface area contributed by atoms with Crippen LogP contribution in [0.1, 0.15) is 28.2 Å². The summed E-state index contributed by atoms with van der Waals surface area (Å²) in [7, 11) is 0. The number of halogens is 4. The van der Waals surface area contributed by atoms with Crippen molar-refractivity contribution in [1.82, 2.24) is 5.32 Å². The second kappa shape index (κ2) is 8.75. The summed E-state index contributed by atoms with van der Waals surface area (Å²) in [4.78, 5) is 12.1. The maximum absolute atomic E-state index is 13.4. The summed E-state index contributed by atoms with van der Waals surface area (Å²) in [5.74, 6) is 3.79. The van der Waals surface area contributed by atoms with Gasteiger partial charge in [0.25, 0.3) is 0 Å². The van der Waals surface area contributed by atoms with E-state index in [1.807, 2.05) is 48.5 Å². The summed E-state index contributed by atoms with van der Waals surface area (Å²) >= 11 is 0. The third-order valence-corrected chi connectivity index (χ3v) is 5.12. The van der Waals surface area contributed by atoms with Gasteiger partial charge in [0.1, 0.15) is 12.4 Å². The number of ether oxygens (including phenoxy) is 1. The molecule has 0 saturated heterocycles. The van der Waals surface area contributed by atoms with Gasteiger partial charge in [0.05, 0.1) is 12.1 Å². The highest BCUT2D eigenvalue weighted by Gasteiger charge is 2.31. The lowest BCUT2D eigenvalue weighted by atomic mass is 9.98. The Morgan fingerprint density at radius 2 is 1.59 bits per heavy atom. The Morgan fingerprint density at radius 3 is 2.22 bits per heavy atom. The van der Waals surface area contributed by atoms with Gasteiger partial charge >= 0.3 is 12.3 Å². The van der Waals surface area contributed by atoms with E-state index in [-0.39, 0.29) is 24.6 Å². The summed E-state index contributed by atoms with van der Waals surface area (Å²) in [6.07, 6.45) is -5.37. The smallest absolute Gasteiger partial charge is 0.416 e. The molecule has 0 spiro atoms. The van der Waals surface area contributed by atoms with Crippen molar-refractivity contribution in [3.8, 4) is 23.0 Å². The third kappa shape index (κ3) is 4.59. The predicted octanol–water partition coefficient (Wildman–Crippen LogP) is 5.73. The Kier molecular flexibility index (Phi) is 5.87. The van der Waals surface area contributed by atoms with Gasteiger partial charge in [0.2, 0.25) is 0 Å². The molecule has 1 aliphatic rings. The van der Waals surface area contributed by atoms with Gasteiger partial charge in [0, 0.05) is 11.5 Å². The first-order chi connectivity index (χ1) is 15.3. The molecule has 162 valence electrons. The maximum Gasteiger partial charge on any atom is 0.416 e. The summed E-state index contributed by atoms with van der Waals surface area (Å²) in [6, 6.07) is 17.9. The minimum absolute atomic E-state index is 0.0904. The van der Waals surface area contributed by atoms with Crippen LogP contribution in [0.25, 0.3) is 11.1 Å². The fraction of sp³-hybridized carbons (Fsp3) is 0.160. The van der Waals surface area contributed by atoms with E-state index < -0.39 is 23.7 Å². The molecule has 3 nitrogen and oxygen atoms in total. The maximum atomic E-state index is 13.4. The topological polar surface area (TPSA) is 38.3 Å². The van der Waals surface area contributed by atoms with Gasteiger partial charge in [-0.1, -0.05) is 60.4 Å². The molecule has 0 heterocycles. The highest BCUT2D eigenvalue weighted by Crippen LogP contribution is 2.44. The molecule has 0 radical (unpaired) electrons. The van der Waals surface area contributed by atoms with E-state index in [0.717, 1.165) is 34.4 Å². The van der Waals surface area contributed by atoms with Crippen LogP contribution in [0.15, 0.2) is 66.7 Å². The fourth-order valence-corrected chi connectivity index (χ4v) is 3.74. The largest absolute Gasteiger partial charge is 0.449 e. The average Bonchev–Trinajstić information content (AvgIpc) is 3.08. The van der Waals surface area contributed by atoms with Crippen LogP contribution in [0.2, 0.25) is 0 Å². The van der Waals surface area contributed by atoms with E-state index >= 15 is 0 Å². The van der Waals surface area contributed by atoms with E-state index in [9.17, 15) is 22.4 Å². The van der Waals surface area contributed by atoms with E-state index in [1.165, 1.54) is 0 Å². The first kappa shape index (κ1) is 21.4. The molecule has 1 N–H and O–H groups in total. The fourth-order valence-electron chi connectivity index (χ4n) is 3.74. The lowest BCUT2D eigenvalue weighted by Crippen LogP contribution is -2.26. The first-order valence-electron chi connectivity index (χ1n) is 9.78. The minimum atomic E-state index is -4.67. The van der Waals surface area contributed by atoms with Crippen LogP contribution in [0.3, 0.4) is 0 Å². The summed E-state index contributed by atoms with van der Waals surface area (Å²) in [6.45, 7) is -0.0271. The number of alkyl halides is 3. The number of amides is 1. The molecule has 0 atom stereocenters. The van der Waals surface area contributed by atoms with Gasteiger partial charge in [-0.05, 0) is 40.5 Å². The molecular formula is C25H17F4NO2. The van der Waals surface area contributed by atoms with Gasteiger partial charge in [-0.25, -0.2) is 9.18 Å². The molecule has 0 aromatic heterocycles. The molecule has 3 aromatic carbocycles. The number of carbonyl (C=O) groups excluding carboxylic acids is 1. The van der Waals surface area contributed by atoms with Gasteiger partial charge < -0.3 is 10.1 Å². The van der Waals surface area contributed by atoms with Crippen molar-refractivity contribution in [2.24, 2.45) is 0 Å².